The van der Waals surface area contributed by atoms with E-state index in [9.17, 15) is 9.59 Å². The zero-order valence-electron chi connectivity index (χ0n) is 23.3. The molecule has 0 bridgehead atoms. The van der Waals surface area contributed by atoms with Gasteiger partial charge in [-0.25, -0.2) is 0 Å². The van der Waals surface area contributed by atoms with E-state index >= 15 is 0 Å². The van der Waals surface area contributed by atoms with E-state index < -0.39 is 0 Å². The Balaban J connectivity index is 1.77. The molecule has 1 saturated heterocycles. The van der Waals surface area contributed by atoms with Crippen molar-refractivity contribution in [1.82, 2.24) is 9.80 Å². The molecule has 1 saturated carbocycles. The molecule has 1 amide bonds. The standard InChI is InChI=1S/C32H42N2O4/c1-6-16-33-17-15-32(26-13-10-14-28(18-26)38-24(4)35)20-27(19-30(37-5)29(32)22-33)34(21-23(2)3)31(36)25-11-8-7-9-12-25/h6-14,18,23,27,29-30H,1,15-17,19-22H2,2-5H3/t27-,29+,30?,32+/m1/s1. The van der Waals surface area contributed by atoms with Crippen LogP contribution in [0, 0.1) is 11.8 Å². The average molecular weight is 519 g/mol. The minimum absolute atomic E-state index is 0.0167. The van der Waals surface area contributed by atoms with E-state index in [2.05, 4.69) is 36.3 Å². The molecule has 6 nitrogen and oxygen atoms in total. The number of rotatable bonds is 9. The molecule has 2 fully saturated rings. The van der Waals surface area contributed by atoms with Crippen LogP contribution in [0.3, 0.4) is 0 Å². The molecule has 2 aromatic rings. The van der Waals surface area contributed by atoms with Crippen molar-refractivity contribution in [2.24, 2.45) is 11.8 Å². The molecule has 0 radical (unpaired) electrons. The van der Waals surface area contributed by atoms with Crippen LogP contribution in [-0.2, 0) is 14.9 Å². The maximum absolute atomic E-state index is 13.9. The topological polar surface area (TPSA) is 59.1 Å². The summed E-state index contributed by atoms with van der Waals surface area (Å²) in [6.07, 6.45) is 4.51. The summed E-state index contributed by atoms with van der Waals surface area (Å²) in [5, 5.41) is 0. The number of nitrogens with zero attached hydrogens (tertiary/aromatic N) is 2. The van der Waals surface area contributed by atoms with Crippen LogP contribution in [0.2, 0.25) is 0 Å². The van der Waals surface area contributed by atoms with E-state index in [4.69, 9.17) is 9.47 Å². The maximum atomic E-state index is 13.9. The monoisotopic (exact) mass is 518 g/mol. The number of esters is 1. The number of methoxy groups -OCH3 is 1. The van der Waals surface area contributed by atoms with E-state index in [1.807, 2.05) is 54.6 Å². The highest BCUT2D eigenvalue weighted by molar-refractivity contribution is 5.94. The van der Waals surface area contributed by atoms with Crippen molar-refractivity contribution in [3.8, 4) is 5.75 Å². The summed E-state index contributed by atoms with van der Waals surface area (Å²) < 4.78 is 11.7. The number of hydrogen-bond donors (Lipinski definition) is 0. The number of benzene rings is 2. The molecule has 1 heterocycles. The van der Waals surface area contributed by atoms with Crippen molar-refractivity contribution in [1.29, 1.82) is 0 Å². The van der Waals surface area contributed by atoms with Crippen LogP contribution >= 0.6 is 0 Å². The summed E-state index contributed by atoms with van der Waals surface area (Å²) in [7, 11) is 1.80. The molecule has 4 atom stereocenters. The van der Waals surface area contributed by atoms with Gasteiger partial charge in [-0.15, -0.1) is 6.58 Å². The highest BCUT2D eigenvalue weighted by Crippen LogP contribution is 2.51. The van der Waals surface area contributed by atoms with Gasteiger partial charge in [-0.2, -0.15) is 0 Å². The Bertz CT molecular complexity index is 1120. The Kier molecular flexibility index (Phi) is 9.06. The molecule has 2 aliphatic rings. The number of fused-ring (bicyclic) bond motifs is 1. The first-order chi connectivity index (χ1) is 18.3. The van der Waals surface area contributed by atoms with Crippen molar-refractivity contribution in [2.75, 3.05) is 33.3 Å². The zero-order valence-corrected chi connectivity index (χ0v) is 23.3. The molecule has 6 heteroatoms. The maximum Gasteiger partial charge on any atom is 0.308 e. The molecule has 2 aromatic carbocycles. The Morgan fingerprint density at radius 2 is 1.95 bits per heavy atom. The van der Waals surface area contributed by atoms with Gasteiger partial charge in [-0.05, 0) is 61.6 Å². The van der Waals surface area contributed by atoms with Crippen LogP contribution < -0.4 is 4.74 Å². The van der Waals surface area contributed by atoms with Crippen molar-refractivity contribution in [3.05, 3.63) is 78.4 Å². The Morgan fingerprint density at radius 3 is 2.61 bits per heavy atom. The fourth-order valence-electron chi connectivity index (χ4n) is 6.65. The number of piperidine rings is 1. The predicted octanol–water partition coefficient (Wildman–Crippen LogP) is 5.33. The van der Waals surface area contributed by atoms with E-state index in [1.54, 1.807) is 7.11 Å². The molecule has 1 unspecified atom stereocenters. The summed E-state index contributed by atoms with van der Waals surface area (Å²) in [6.45, 7) is 13.1. The molecule has 204 valence electrons. The second kappa shape index (κ2) is 12.3. The number of amides is 1. The van der Waals surface area contributed by atoms with Crippen molar-refractivity contribution < 1.29 is 19.1 Å². The zero-order chi connectivity index (χ0) is 27.3. The Labute approximate surface area is 227 Å². The molecule has 0 N–H and O–H groups in total. The van der Waals surface area contributed by atoms with Gasteiger partial charge in [0.25, 0.3) is 5.91 Å². The van der Waals surface area contributed by atoms with Crippen molar-refractivity contribution >= 4 is 11.9 Å². The summed E-state index contributed by atoms with van der Waals surface area (Å²) in [4.78, 5) is 30.2. The van der Waals surface area contributed by atoms with E-state index in [-0.39, 0.29) is 35.4 Å². The first kappa shape index (κ1) is 28.1. The molecule has 38 heavy (non-hydrogen) atoms. The number of carbonyl (C=O) groups excluding carboxylic acids is 2. The number of carbonyl (C=O) groups is 2. The van der Waals surface area contributed by atoms with Gasteiger partial charge in [0.2, 0.25) is 0 Å². The highest BCUT2D eigenvalue weighted by atomic mass is 16.5. The normalized spacial score (nSPS) is 25.4. The predicted molar refractivity (Wildman–Crippen MR) is 150 cm³/mol. The lowest BCUT2D eigenvalue weighted by molar-refractivity contribution is -0.131. The number of hydrogen-bond acceptors (Lipinski definition) is 5. The van der Waals surface area contributed by atoms with Gasteiger partial charge in [0.1, 0.15) is 5.75 Å². The van der Waals surface area contributed by atoms with Crippen LogP contribution in [-0.4, -0.2) is 67.1 Å². The van der Waals surface area contributed by atoms with Gasteiger partial charge in [-0.1, -0.05) is 50.3 Å². The molecule has 0 aromatic heterocycles. The highest BCUT2D eigenvalue weighted by Gasteiger charge is 2.54. The molecule has 0 spiro atoms. The summed E-state index contributed by atoms with van der Waals surface area (Å²) >= 11 is 0. The minimum atomic E-state index is -0.329. The molecule has 1 aliphatic carbocycles. The van der Waals surface area contributed by atoms with Gasteiger partial charge in [0, 0.05) is 56.6 Å². The molecule has 1 aliphatic heterocycles. The van der Waals surface area contributed by atoms with Gasteiger partial charge >= 0.3 is 5.97 Å². The Hall–Kier alpha value is -2.96. The molecular formula is C32H42N2O4. The van der Waals surface area contributed by atoms with Gasteiger partial charge in [-0.3, -0.25) is 14.5 Å². The average Bonchev–Trinajstić information content (AvgIpc) is 2.91. The largest absolute Gasteiger partial charge is 0.427 e. The second-order valence-corrected chi connectivity index (χ2v) is 11.3. The quantitative estimate of drug-likeness (QED) is 0.255. The van der Waals surface area contributed by atoms with Gasteiger partial charge in [0.05, 0.1) is 6.10 Å². The summed E-state index contributed by atoms with van der Waals surface area (Å²) in [5.41, 5.74) is 1.66. The van der Waals surface area contributed by atoms with E-state index in [1.165, 1.54) is 6.92 Å². The third kappa shape index (κ3) is 6.02. The molecular weight excluding hydrogens is 476 g/mol. The van der Waals surface area contributed by atoms with Crippen LogP contribution in [0.15, 0.2) is 67.3 Å². The SMILES string of the molecule is C=CCN1CC[C@@]2(c3cccc(OC(C)=O)c3)C[C@H](N(CC(C)C)C(=O)c3ccccc3)CC(OC)[C@@H]2C1. The van der Waals surface area contributed by atoms with Crippen LogP contribution in [0.25, 0.3) is 0 Å². The van der Waals surface area contributed by atoms with E-state index in [0.717, 1.165) is 50.0 Å². The van der Waals surface area contributed by atoms with Crippen molar-refractivity contribution in [2.45, 2.75) is 57.6 Å². The Morgan fingerprint density at radius 1 is 1.18 bits per heavy atom. The van der Waals surface area contributed by atoms with Crippen LogP contribution in [0.4, 0.5) is 0 Å². The first-order valence-electron chi connectivity index (χ1n) is 13.8. The van der Waals surface area contributed by atoms with E-state index in [0.29, 0.717) is 18.2 Å². The second-order valence-electron chi connectivity index (χ2n) is 11.3. The van der Waals surface area contributed by atoms with Gasteiger partial charge in [0.15, 0.2) is 0 Å². The van der Waals surface area contributed by atoms with Crippen molar-refractivity contribution in [3.63, 3.8) is 0 Å². The fraction of sp³-hybridized carbons (Fsp3) is 0.500. The third-order valence-electron chi connectivity index (χ3n) is 8.24. The number of likely N-dealkylation sites (tertiary alicyclic amines) is 1. The van der Waals surface area contributed by atoms with Gasteiger partial charge < -0.3 is 14.4 Å². The first-order valence-corrected chi connectivity index (χ1v) is 13.8. The smallest absolute Gasteiger partial charge is 0.308 e. The summed E-state index contributed by atoms with van der Waals surface area (Å²) in [5.74, 6) is 0.874. The number of ether oxygens (including phenoxy) is 2. The lowest BCUT2D eigenvalue weighted by atomic mass is 9.56. The third-order valence-corrected chi connectivity index (χ3v) is 8.24. The summed E-state index contributed by atoms with van der Waals surface area (Å²) in [6, 6.07) is 17.6. The molecule has 4 rings (SSSR count). The van der Waals surface area contributed by atoms with Crippen LogP contribution in [0.5, 0.6) is 5.75 Å². The minimum Gasteiger partial charge on any atom is -0.427 e. The fourth-order valence-corrected chi connectivity index (χ4v) is 6.65. The van der Waals surface area contributed by atoms with Crippen LogP contribution in [0.1, 0.15) is 56.0 Å². The lowest BCUT2D eigenvalue weighted by Gasteiger charge is -2.57. The lowest BCUT2D eigenvalue weighted by Crippen LogP contribution is -2.62.